The van der Waals surface area contributed by atoms with Crippen LogP contribution in [0.3, 0.4) is 0 Å². The van der Waals surface area contributed by atoms with Crippen molar-refractivity contribution in [2.45, 2.75) is 12.8 Å². The number of carbonyl (C=O) groups is 2. The number of amides is 2. The van der Waals surface area contributed by atoms with Gasteiger partial charge in [0.15, 0.2) is 0 Å². The molecular formula is C6H11ClN2O2. The van der Waals surface area contributed by atoms with Gasteiger partial charge in [0.2, 0.25) is 0 Å². The Balaban J connectivity index is 3.14. The zero-order chi connectivity index (χ0) is 8.69. The van der Waals surface area contributed by atoms with Crippen molar-refractivity contribution in [2.24, 2.45) is 5.73 Å². The smallest absolute Gasteiger partial charge is 0.312 e. The van der Waals surface area contributed by atoms with Crippen molar-refractivity contribution in [3.63, 3.8) is 0 Å². The van der Waals surface area contributed by atoms with Crippen LogP contribution < -0.4 is 11.1 Å². The molecule has 0 aromatic heterocycles. The first kappa shape index (κ1) is 10.2. The van der Waals surface area contributed by atoms with Gasteiger partial charge in [-0.3, -0.25) is 4.79 Å². The molecule has 0 fully saturated rings. The van der Waals surface area contributed by atoms with Crippen LogP contribution in [0.4, 0.5) is 4.79 Å². The van der Waals surface area contributed by atoms with Crippen LogP contribution >= 0.6 is 11.6 Å². The summed E-state index contributed by atoms with van der Waals surface area (Å²) >= 11 is 5.23. The average Bonchev–Trinajstić information content (AvgIpc) is 1.97. The van der Waals surface area contributed by atoms with E-state index in [1.807, 2.05) is 0 Å². The quantitative estimate of drug-likeness (QED) is 0.468. The Morgan fingerprint density at radius 3 is 2.55 bits per heavy atom. The van der Waals surface area contributed by atoms with Gasteiger partial charge in [0.05, 0.1) is 5.88 Å². The van der Waals surface area contributed by atoms with Crippen molar-refractivity contribution < 1.29 is 9.59 Å². The Hall–Kier alpha value is -0.770. The van der Waals surface area contributed by atoms with Crippen LogP contribution in [0.15, 0.2) is 0 Å². The molecule has 0 aliphatic carbocycles. The van der Waals surface area contributed by atoms with Crippen LogP contribution in [0.1, 0.15) is 12.8 Å². The lowest BCUT2D eigenvalue weighted by atomic mass is 10.2. The second-order valence-electron chi connectivity index (χ2n) is 2.07. The first-order chi connectivity index (χ1) is 5.16. The number of ketones is 1. The van der Waals surface area contributed by atoms with E-state index in [0.29, 0.717) is 19.4 Å². The summed E-state index contributed by atoms with van der Waals surface area (Å²) in [6.07, 6.45) is 0.984. The van der Waals surface area contributed by atoms with Crippen molar-refractivity contribution in [3.8, 4) is 0 Å². The van der Waals surface area contributed by atoms with Gasteiger partial charge in [0.1, 0.15) is 5.78 Å². The third kappa shape index (κ3) is 7.12. The number of hydrogen-bond donors (Lipinski definition) is 2. The molecule has 0 heterocycles. The normalized spacial score (nSPS) is 9.18. The molecule has 4 nitrogen and oxygen atoms in total. The number of carbonyl (C=O) groups excluding carboxylic acids is 2. The van der Waals surface area contributed by atoms with Crippen LogP contribution in [-0.4, -0.2) is 24.2 Å². The molecule has 64 valence electrons. The molecule has 0 bridgehead atoms. The van der Waals surface area contributed by atoms with Gasteiger partial charge in [-0.15, -0.1) is 11.6 Å². The van der Waals surface area contributed by atoms with E-state index in [2.05, 4.69) is 5.32 Å². The second-order valence-corrected chi connectivity index (χ2v) is 2.33. The summed E-state index contributed by atoms with van der Waals surface area (Å²) in [5.41, 5.74) is 4.78. The average molecular weight is 179 g/mol. The van der Waals surface area contributed by atoms with Crippen molar-refractivity contribution in [1.82, 2.24) is 5.32 Å². The molecule has 3 N–H and O–H groups in total. The third-order valence-corrected chi connectivity index (χ3v) is 1.38. The topological polar surface area (TPSA) is 72.2 Å². The standard InChI is InChI=1S/C6H11ClN2O2/c7-4-5(10)2-1-3-9-6(8)11/h1-4H2,(H3,8,9,11). The molecule has 5 heteroatoms. The summed E-state index contributed by atoms with van der Waals surface area (Å²) in [6, 6.07) is -0.566. The summed E-state index contributed by atoms with van der Waals surface area (Å²) < 4.78 is 0. The van der Waals surface area contributed by atoms with Gasteiger partial charge in [0.25, 0.3) is 0 Å². The van der Waals surface area contributed by atoms with Crippen LogP contribution in [0, 0.1) is 0 Å². The van der Waals surface area contributed by atoms with Crippen molar-refractivity contribution >= 4 is 23.4 Å². The van der Waals surface area contributed by atoms with Gasteiger partial charge < -0.3 is 11.1 Å². The van der Waals surface area contributed by atoms with Crippen LogP contribution in [0.5, 0.6) is 0 Å². The highest BCUT2D eigenvalue weighted by molar-refractivity contribution is 6.27. The molecule has 0 saturated heterocycles. The lowest BCUT2D eigenvalue weighted by Crippen LogP contribution is -2.30. The van der Waals surface area contributed by atoms with E-state index in [0.717, 1.165) is 0 Å². The summed E-state index contributed by atoms with van der Waals surface area (Å²) in [5.74, 6) is 0.0225. The van der Waals surface area contributed by atoms with Gasteiger partial charge in [-0.25, -0.2) is 4.79 Å². The minimum Gasteiger partial charge on any atom is -0.352 e. The molecule has 0 aliphatic rings. The number of nitrogens with two attached hydrogens (primary N) is 1. The van der Waals surface area contributed by atoms with Gasteiger partial charge in [-0.2, -0.15) is 0 Å². The van der Waals surface area contributed by atoms with E-state index in [9.17, 15) is 9.59 Å². The summed E-state index contributed by atoms with van der Waals surface area (Å²) in [7, 11) is 0. The highest BCUT2D eigenvalue weighted by Crippen LogP contribution is 1.91. The monoisotopic (exact) mass is 178 g/mol. The molecule has 0 aliphatic heterocycles. The van der Waals surface area contributed by atoms with E-state index >= 15 is 0 Å². The number of alkyl halides is 1. The Kier molecular flexibility index (Phi) is 5.56. The Morgan fingerprint density at radius 2 is 2.09 bits per heavy atom. The number of urea groups is 1. The van der Waals surface area contributed by atoms with E-state index in [4.69, 9.17) is 17.3 Å². The van der Waals surface area contributed by atoms with Crippen LogP contribution in [-0.2, 0) is 4.79 Å². The van der Waals surface area contributed by atoms with E-state index < -0.39 is 6.03 Å². The molecule has 0 spiro atoms. The van der Waals surface area contributed by atoms with E-state index in [1.54, 1.807) is 0 Å². The summed E-state index contributed by atoms with van der Waals surface area (Å²) in [5, 5.41) is 2.37. The molecule has 11 heavy (non-hydrogen) atoms. The highest BCUT2D eigenvalue weighted by Gasteiger charge is 1.98. The zero-order valence-corrected chi connectivity index (χ0v) is 6.86. The predicted octanol–water partition coefficient (Wildman–Crippen LogP) is 0.243. The summed E-state index contributed by atoms with van der Waals surface area (Å²) in [4.78, 5) is 20.7. The predicted molar refractivity (Wildman–Crippen MR) is 42.5 cm³/mol. The van der Waals surface area contributed by atoms with Crippen molar-refractivity contribution in [2.75, 3.05) is 12.4 Å². The van der Waals surface area contributed by atoms with E-state index in [-0.39, 0.29) is 11.7 Å². The maximum absolute atomic E-state index is 10.6. The first-order valence-corrected chi connectivity index (χ1v) is 3.81. The number of primary amides is 1. The minimum absolute atomic E-state index is 0.0158. The fourth-order valence-corrected chi connectivity index (χ4v) is 0.698. The number of Topliss-reactive ketones (excluding diaryl/α,β-unsaturated/α-hetero) is 1. The Labute approximate surface area is 70.1 Å². The van der Waals surface area contributed by atoms with Crippen molar-refractivity contribution in [3.05, 3.63) is 0 Å². The largest absolute Gasteiger partial charge is 0.352 e. The highest BCUT2D eigenvalue weighted by atomic mass is 35.5. The van der Waals surface area contributed by atoms with Gasteiger partial charge in [-0.1, -0.05) is 0 Å². The molecule has 0 radical (unpaired) electrons. The second kappa shape index (κ2) is 5.97. The van der Waals surface area contributed by atoms with Crippen molar-refractivity contribution in [1.29, 1.82) is 0 Å². The maximum Gasteiger partial charge on any atom is 0.312 e. The van der Waals surface area contributed by atoms with E-state index in [1.165, 1.54) is 0 Å². The lowest BCUT2D eigenvalue weighted by molar-refractivity contribution is -0.116. The van der Waals surface area contributed by atoms with Gasteiger partial charge in [-0.05, 0) is 6.42 Å². The molecule has 0 rings (SSSR count). The fraction of sp³-hybridized carbons (Fsp3) is 0.667. The fourth-order valence-electron chi connectivity index (χ4n) is 0.564. The number of halogens is 1. The molecular weight excluding hydrogens is 168 g/mol. The molecule has 0 unspecified atom stereocenters. The molecule has 0 saturated carbocycles. The zero-order valence-electron chi connectivity index (χ0n) is 6.10. The maximum atomic E-state index is 10.6. The SMILES string of the molecule is NC(=O)NCCCC(=O)CCl. The van der Waals surface area contributed by atoms with Crippen LogP contribution in [0.2, 0.25) is 0 Å². The van der Waals surface area contributed by atoms with Gasteiger partial charge >= 0.3 is 6.03 Å². The molecule has 2 amide bonds. The van der Waals surface area contributed by atoms with Crippen LogP contribution in [0.25, 0.3) is 0 Å². The third-order valence-electron chi connectivity index (χ3n) is 1.08. The number of nitrogens with one attached hydrogen (secondary N) is 1. The van der Waals surface area contributed by atoms with Gasteiger partial charge in [0, 0.05) is 13.0 Å². The Morgan fingerprint density at radius 1 is 1.45 bits per heavy atom. The number of rotatable bonds is 5. The number of hydrogen-bond acceptors (Lipinski definition) is 2. The molecule has 0 aromatic rings. The summed E-state index contributed by atoms with van der Waals surface area (Å²) in [6.45, 7) is 0.429. The molecule has 0 atom stereocenters. The minimum atomic E-state index is -0.566. The Bertz CT molecular complexity index is 150. The first-order valence-electron chi connectivity index (χ1n) is 3.27. The lowest BCUT2D eigenvalue weighted by Gasteiger charge is -1.98. The molecule has 0 aromatic carbocycles.